The lowest BCUT2D eigenvalue weighted by Gasteiger charge is -2.21. The molecule has 0 heterocycles. The molecule has 0 saturated carbocycles. The van der Waals surface area contributed by atoms with E-state index in [0.717, 1.165) is 6.42 Å². The molecule has 0 fully saturated rings. The molecule has 0 aliphatic rings. The molecular formula is C10H20O2. The fourth-order valence-electron chi connectivity index (χ4n) is 1.29. The fourth-order valence-corrected chi connectivity index (χ4v) is 1.29. The molecule has 0 N–H and O–H groups in total. The highest BCUT2D eigenvalue weighted by Gasteiger charge is 2.21. The zero-order valence-corrected chi connectivity index (χ0v) is 8.81. The molecule has 0 saturated heterocycles. The highest BCUT2D eigenvalue weighted by Crippen LogP contribution is 2.24. The average Bonchev–Trinajstić information content (AvgIpc) is 1.84. The Morgan fingerprint density at radius 2 is 1.92 bits per heavy atom. The number of hydrogen-bond acceptors (Lipinski definition) is 2. The standard InChI is InChI=1S/C10H20O2/c1-6-12-9(11)8(2)7-10(3,4)5/h8H,6-7H2,1-5H3. The molecule has 0 aliphatic carbocycles. The minimum absolute atomic E-state index is 0.0185. The first-order valence-electron chi connectivity index (χ1n) is 4.53. The van der Waals surface area contributed by atoms with Gasteiger partial charge in [-0.3, -0.25) is 4.79 Å². The molecule has 0 aromatic heterocycles. The normalized spacial score (nSPS) is 14.1. The van der Waals surface area contributed by atoms with Gasteiger partial charge in [0.05, 0.1) is 12.5 Å². The molecule has 12 heavy (non-hydrogen) atoms. The highest BCUT2D eigenvalue weighted by atomic mass is 16.5. The molecule has 0 amide bonds. The van der Waals surface area contributed by atoms with Crippen molar-refractivity contribution in [2.75, 3.05) is 6.61 Å². The number of hydrogen-bond donors (Lipinski definition) is 0. The van der Waals surface area contributed by atoms with Crippen LogP contribution in [0.3, 0.4) is 0 Å². The van der Waals surface area contributed by atoms with Crippen LogP contribution in [0.4, 0.5) is 0 Å². The van der Waals surface area contributed by atoms with Crippen LogP contribution in [0, 0.1) is 11.3 Å². The Hall–Kier alpha value is -0.530. The first-order chi connectivity index (χ1) is 5.37. The van der Waals surface area contributed by atoms with Crippen LogP contribution in [0.1, 0.15) is 41.0 Å². The Bertz CT molecular complexity index is 144. The molecule has 1 unspecified atom stereocenters. The van der Waals surface area contributed by atoms with E-state index in [1.807, 2.05) is 13.8 Å². The van der Waals surface area contributed by atoms with Gasteiger partial charge in [-0.25, -0.2) is 0 Å². The Balaban J connectivity index is 3.87. The van der Waals surface area contributed by atoms with Crippen LogP contribution in [0.15, 0.2) is 0 Å². The average molecular weight is 172 g/mol. The summed E-state index contributed by atoms with van der Waals surface area (Å²) in [5, 5.41) is 0. The predicted octanol–water partition coefficient (Wildman–Crippen LogP) is 2.62. The van der Waals surface area contributed by atoms with E-state index >= 15 is 0 Å². The van der Waals surface area contributed by atoms with Gasteiger partial charge in [0, 0.05) is 0 Å². The van der Waals surface area contributed by atoms with Crippen LogP contribution < -0.4 is 0 Å². The van der Waals surface area contributed by atoms with E-state index in [0.29, 0.717) is 6.61 Å². The summed E-state index contributed by atoms with van der Waals surface area (Å²) in [6.07, 6.45) is 0.881. The molecule has 72 valence electrons. The zero-order chi connectivity index (χ0) is 9.78. The molecule has 0 rings (SSSR count). The van der Waals surface area contributed by atoms with Crippen molar-refractivity contribution in [3.8, 4) is 0 Å². The van der Waals surface area contributed by atoms with Crippen molar-refractivity contribution in [3.05, 3.63) is 0 Å². The summed E-state index contributed by atoms with van der Waals surface area (Å²) in [4.78, 5) is 11.2. The van der Waals surface area contributed by atoms with Crippen LogP contribution >= 0.6 is 0 Å². The van der Waals surface area contributed by atoms with Crippen LogP contribution in [-0.4, -0.2) is 12.6 Å². The number of esters is 1. The maximum atomic E-state index is 11.2. The summed E-state index contributed by atoms with van der Waals surface area (Å²) in [5.74, 6) is -0.0580. The Kier molecular flexibility index (Phi) is 4.29. The van der Waals surface area contributed by atoms with E-state index in [-0.39, 0.29) is 17.3 Å². The Morgan fingerprint density at radius 3 is 2.25 bits per heavy atom. The van der Waals surface area contributed by atoms with Crippen molar-refractivity contribution >= 4 is 5.97 Å². The number of carbonyl (C=O) groups is 1. The Labute approximate surface area is 75.3 Å². The molecule has 0 aromatic rings. The van der Waals surface area contributed by atoms with Gasteiger partial charge in [-0.05, 0) is 18.8 Å². The maximum Gasteiger partial charge on any atom is 0.308 e. The first kappa shape index (κ1) is 11.5. The zero-order valence-electron chi connectivity index (χ0n) is 8.81. The lowest BCUT2D eigenvalue weighted by atomic mass is 9.85. The van der Waals surface area contributed by atoms with Crippen LogP contribution in [0.5, 0.6) is 0 Å². The molecule has 0 spiro atoms. The lowest BCUT2D eigenvalue weighted by Crippen LogP contribution is -2.20. The molecule has 2 heteroatoms. The van der Waals surface area contributed by atoms with Crippen molar-refractivity contribution in [1.29, 1.82) is 0 Å². The fraction of sp³-hybridized carbons (Fsp3) is 0.900. The van der Waals surface area contributed by atoms with Gasteiger partial charge in [-0.1, -0.05) is 27.7 Å². The SMILES string of the molecule is CCOC(=O)C(C)CC(C)(C)C. The summed E-state index contributed by atoms with van der Waals surface area (Å²) in [5.41, 5.74) is 0.201. The second-order valence-corrected chi connectivity index (χ2v) is 4.42. The summed E-state index contributed by atoms with van der Waals surface area (Å²) in [6.45, 7) is 10.6. The minimum Gasteiger partial charge on any atom is -0.466 e. The molecule has 0 aromatic carbocycles. The van der Waals surface area contributed by atoms with Gasteiger partial charge in [0.2, 0.25) is 0 Å². The third kappa shape index (κ3) is 5.16. The van der Waals surface area contributed by atoms with E-state index < -0.39 is 0 Å². The summed E-state index contributed by atoms with van der Waals surface area (Å²) in [6, 6.07) is 0. The van der Waals surface area contributed by atoms with E-state index in [4.69, 9.17) is 4.74 Å². The van der Waals surface area contributed by atoms with Crippen molar-refractivity contribution in [2.45, 2.75) is 41.0 Å². The second kappa shape index (κ2) is 4.48. The lowest BCUT2D eigenvalue weighted by molar-refractivity contribution is -0.148. The largest absolute Gasteiger partial charge is 0.466 e. The Morgan fingerprint density at radius 1 is 1.42 bits per heavy atom. The van der Waals surface area contributed by atoms with Crippen molar-refractivity contribution in [3.63, 3.8) is 0 Å². The van der Waals surface area contributed by atoms with Crippen molar-refractivity contribution in [2.24, 2.45) is 11.3 Å². The second-order valence-electron chi connectivity index (χ2n) is 4.42. The minimum atomic E-state index is -0.0765. The van der Waals surface area contributed by atoms with Gasteiger partial charge >= 0.3 is 5.97 Å². The van der Waals surface area contributed by atoms with Crippen LogP contribution in [-0.2, 0) is 9.53 Å². The quantitative estimate of drug-likeness (QED) is 0.612. The van der Waals surface area contributed by atoms with Gasteiger partial charge in [0.25, 0.3) is 0 Å². The molecule has 0 radical (unpaired) electrons. The third-order valence-corrected chi connectivity index (χ3v) is 1.61. The number of carbonyl (C=O) groups excluding carboxylic acids is 1. The van der Waals surface area contributed by atoms with Gasteiger partial charge in [-0.15, -0.1) is 0 Å². The summed E-state index contributed by atoms with van der Waals surface area (Å²) in [7, 11) is 0. The van der Waals surface area contributed by atoms with Gasteiger partial charge in [-0.2, -0.15) is 0 Å². The topological polar surface area (TPSA) is 26.3 Å². The van der Waals surface area contributed by atoms with Crippen LogP contribution in [0.25, 0.3) is 0 Å². The molecule has 0 aliphatic heterocycles. The first-order valence-corrected chi connectivity index (χ1v) is 4.53. The van der Waals surface area contributed by atoms with Gasteiger partial charge in [0.1, 0.15) is 0 Å². The molecule has 1 atom stereocenters. The summed E-state index contributed by atoms with van der Waals surface area (Å²) < 4.78 is 4.91. The van der Waals surface area contributed by atoms with Crippen LogP contribution in [0.2, 0.25) is 0 Å². The van der Waals surface area contributed by atoms with Gasteiger partial charge < -0.3 is 4.74 Å². The van der Waals surface area contributed by atoms with Gasteiger partial charge in [0.15, 0.2) is 0 Å². The molecular weight excluding hydrogens is 152 g/mol. The third-order valence-electron chi connectivity index (χ3n) is 1.61. The maximum absolute atomic E-state index is 11.2. The van der Waals surface area contributed by atoms with E-state index in [1.54, 1.807) is 0 Å². The monoisotopic (exact) mass is 172 g/mol. The predicted molar refractivity (Wildman–Crippen MR) is 49.9 cm³/mol. The molecule has 2 nitrogen and oxygen atoms in total. The molecule has 0 bridgehead atoms. The van der Waals surface area contributed by atoms with E-state index in [9.17, 15) is 4.79 Å². The van der Waals surface area contributed by atoms with E-state index in [2.05, 4.69) is 20.8 Å². The van der Waals surface area contributed by atoms with E-state index in [1.165, 1.54) is 0 Å². The number of rotatable bonds is 3. The number of ether oxygens (including phenoxy) is 1. The highest BCUT2D eigenvalue weighted by molar-refractivity contribution is 5.71. The smallest absolute Gasteiger partial charge is 0.308 e. The summed E-state index contributed by atoms with van der Waals surface area (Å²) >= 11 is 0. The van der Waals surface area contributed by atoms with Crippen molar-refractivity contribution < 1.29 is 9.53 Å². The van der Waals surface area contributed by atoms with Crippen molar-refractivity contribution in [1.82, 2.24) is 0 Å².